The van der Waals surface area contributed by atoms with E-state index in [4.69, 9.17) is 18.9 Å². The summed E-state index contributed by atoms with van der Waals surface area (Å²) in [7, 11) is 1.28. The van der Waals surface area contributed by atoms with Crippen molar-refractivity contribution in [3.05, 3.63) is 89.0 Å². The fourth-order valence-electron chi connectivity index (χ4n) is 4.71. The van der Waals surface area contributed by atoms with Gasteiger partial charge in [-0.15, -0.1) is 0 Å². The van der Waals surface area contributed by atoms with Gasteiger partial charge in [0.05, 0.1) is 19.2 Å². The third-order valence-corrected chi connectivity index (χ3v) is 6.97. The van der Waals surface area contributed by atoms with Gasteiger partial charge in [0.25, 0.3) is 11.8 Å². The maximum atomic E-state index is 15.2. The molecule has 12 nitrogen and oxygen atoms in total. The Balaban J connectivity index is 1.51. The molecule has 0 unspecified atom stereocenters. The van der Waals surface area contributed by atoms with Gasteiger partial charge in [0.2, 0.25) is 0 Å². The number of methoxy groups -OCH3 is 1. The zero-order chi connectivity index (χ0) is 33.4. The number of ketones is 1. The fourth-order valence-corrected chi connectivity index (χ4v) is 4.71. The standard InChI is InChI=1S/C33H37FN4O8/c1-6-44-19-45-25-11-12-26(43-5)28(34)27(25)29(39)20-7-9-21(10-8-20)30(40)36-23-17-38(32(42)46-33(2,3)4)18-24(23)37-31(41)22-13-15-35-16-14-22/h7-16,23-24H,6,17-19H2,1-5H3,(H,36,40)(H,37,41)/t23-,24-/m1/s1. The Morgan fingerprint density at radius 2 is 1.41 bits per heavy atom. The molecule has 2 atom stereocenters. The SMILES string of the molecule is CCOCOc1ccc(OC)c(F)c1C(=O)c1ccc(C(=O)N[C@@H]2CN(C(=O)OC(C)(C)C)C[C@H]2NC(=O)c2ccncc2)cc1. The first-order chi connectivity index (χ1) is 21.9. The van der Waals surface area contributed by atoms with E-state index in [0.29, 0.717) is 12.2 Å². The van der Waals surface area contributed by atoms with E-state index in [-0.39, 0.29) is 48.1 Å². The number of carbonyl (C=O) groups excluding carboxylic acids is 4. The number of nitrogens with one attached hydrogen (secondary N) is 2. The molecule has 244 valence electrons. The predicted molar refractivity (Wildman–Crippen MR) is 164 cm³/mol. The topological polar surface area (TPSA) is 145 Å². The van der Waals surface area contributed by atoms with Crippen molar-refractivity contribution in [2.24, 2.45) is 0 Å². The molecule has 13 heteroatoms. The van der Waals surface area contributed by atoms with Gasteiger partial charge in [0.15, 0.2) is 24.1 Å². The Morgan fingerprint density at radius 3 is 1.96 bits per heavy atom. The summed E-state index contributed by atoms with van der Waals surface area (Å²) in [5.41, 5.74) is -0.404. The molecule has 2 heterocycles. The molecule has 46 heavy (non-hydrogen) atoms. The highest BCUT2D eigenvalue weighted by Crippen LogP contribution is 2.31. The molecule has 0 bridgehead atoms. The fraction of sp³-hybridized carbons (Fsp3) is 0.364. The Kier molecular flexibility index (Phi) is 10.9. The zero-order valence-corrected chi connectivity index (χ0v) is 26.3. The van der Waals surface area contributed by atoms with Gasteiger partial charge in [-0.2, -0.15) is 0 Å². The van der Waals surface area contributed by atoms with Crippen LogP contribution in [0.5, 0.6) is 11.5 Å². The summed E-state index contributed by atoms with van der Waals surface area (Å²) < 4.78 is 36.4. The van der Waals surface area contributed by atoms with Crippen LogP contribution >= 0.6 is 0 Å². The largest absolute Gasteiger partial charge is 0.494 e. The van der Waals surface area contributed by atoms with Gasteiger partial charge in [-0.25, -0.2) is 9.18 Å². The minimum atomic E-state index is -0.890. The second kappa shape index (κ2) is 14.8. The normalized spacial score (nSPS) is 16.0. The molecule has 1 saturated heterocycles. The average Bonchev–Trinajstić information content (AvgIpc) is 3.42. The molecule has 0 spiro atoms. The van der Waals surface area contributed by atoms with Crippen molar-refractivity contribution >= 4 is 23.7 Å². The van der Waals surface area contributed by atoms with Crippen LogP contribution in [-0.2, 0) is 9.47 Å². The Hall–Kier alpha value is -5.04. The van der Waals surface area contributed by atoms with E-state index in [1.165, 1.54) is 60.8 Å². The summed E-state index contributed by atoms with van der Waals surface area (Å²) in [5, 5.41) is 5.77. The first-order valence-corrected chi connectivity index (χ1v) is 14.6. The van der Waals surface area contributed by atoms with Crippen LogP contribution in [-0.4, -0.2) is 84.9 Å². The molecular weight excluding hydrogens is 599 g/mol. The van der Waals surface area contributed by atoms with Crippen LogP contribution < -0.4 is 20.1 Å². The van der Waals surface area contributed by atoms with Crippen LogP contribution in [0, 0.1) is 5.82 Å². The van der Waals surface area contributed by atoms with Gasteiger partial charge >= 0.3 is 6.09 Å². The Bertz CT molecular complexity index is 1560. The van der Waals surface area contributed by atoms with Gasteiger partial charge in [-0.05, 0) is 64.1 Å². The van der Waals surface area contributed by atoms with Crippen molar-refractivity contribution in [1.29, 1.82) is 0 Å². The molecule has 0 aliphatic carbocycles. The second-order valence-corrected chi connectivity index (χ2v) is 11.4. The summed E-state index contributed by atoms with van der Waals surface area (Å²) in [6, 6.07) is 10.2. The summed E-state index contributed by atoms with van der Waals surface area (Å²) >= 11 is 0. The average molecular weight is 637 g/mol. The minimum absolute atomic E-state index is 0.0193. The van der Waals surface area contributed by atoms with Gasteiger partial charge < -0.3 is 34.5 Å². The quantitative estimate of drug-likeness (QED) is 0.181. The van der Waals surface area contributed by atoms with Crippen LogP contribution in [0.15, 0.2) is 60.9 Å². The van der Waals surface area contributed by atoms with Crippen LogP contribution in [0.3, 0.4) is 0 Å². The lowest BCUT2D eigenvalue weighted by Gasteiger charge is -2.24. The van der Waals surface area contributed by atoms with Gasteiger partial charge in [0.1, 0.15) is 16.9 Å². The summed E-state index contributed by atoms with van der Waals surface area (Å²) in [5.74, 6) is -2.63. The number of ether oxygens (including phenoxy) is 4. The van der Waals surface area contributed by atoms with Gasteiger partial charge in [-0.1, -0.05) is 12.1 Å². The number of nitrogens with zero attached hydrogens (tertiary/aromatic N) is 2. The van der Waals surface area contributed by atoms with E-state index in [1.807, 2.05) is 0 Å². The van der Waals surface area contributed by atoms with E-state index in [9.17, 15) is 19.2 Å². The predicted octanol–water partition coefficient (Wildman–Crippen LogP) is 3.98. The first-order valence-electron chi connectivity index (χ1n) is 14.6. The third kappa shape index (κ3) is 8.36. The monoisotopic (exact) mass is 636 g/mol. The molecule has 0 radical (unpaired) electrons. The maximum Gasteiger partial charge on any atom is 0.410 e. The third-order valence-electron chi connectivity index (χ3n) is 6.97. The number of amides is 3. The molecule has 3 amide bonds. The van der Waals surface area contributed by atoms with Crippen LogP contribution in [0.1, 0.15) is 64.3 Å². The molecule has 2 aromatic carbocycles. The van der Waals surface area contributed by atoms with E-state index in [0.717, 1.165) is 0 Å². The number of benzene rings is 2. The van der Waals surface area contributed by atoms with Crippen LogP contribution in [0.25, 0.3) is 0 Å². The second-order valence-electron chi connectivity index (χ2n) is 11.4. The lowest BCUT2D eigenvalue weighted by molar-refractivity contribution is 0.0217. The van der Waals surface area contributed by atoms with E-state index in [2.05, 4.69) is 15.6 Å². The number of hydrogen-bond acceptors (Lipinski definition) is 9. The molecule has 0 saturated carbocycles. The molecule has 1 aliphatic heterocycles. The number of rotatable bonds is 11. The molecule has 1 fully saturated rings. The molecule has 1 aromatic heterocycles. The lowest BCUT2D eigenvalue weighted by Crippen LogP contribution is -2.51. The van der Waals surface area contributed by atoms with Crippen molar-refractivity contribution in [1.82, 2.24) is 20.5 Å². The highest BCUT2D eigenvalue weighted by atomic mass is 19.1. The number of aromatic nitrogens is 1. The molecule has 4 rings (SSSR count). The summed E-state index contributed by atoms with van der Waals surface area (Å²) in [6.07, 6.45) is 2.40. The van der Waals surface area contributed by atoms with Gasteiger partial charge in [-0.3, -0.25) is 19.4 Å². The number of carbonyl (C=O) groups is 4. The molecule has 2 N–H and O–H groups in total. The first kappa shape index (κ1) is 33.8. The molecule has 1 aliphatic rings. The number of halogens is 1. The van der Waals surface area contributed by atoms with Crippen molar-refractivity contribution in [2.45, 2.75) is 45.4 Å². The van der Waals surface area contributed by atoms with E-state index >= 15 is 4.39 Å². The van der Waals surface area contributed by atoms with Crippen molar-refractivity contribution < 1.29 is 42.5 Å². The molecular formula is C33H37FN4O8. The number of hydrogen-bond donors (Lipinski definition) is 2. The van der Waals surface area contributed by atoms with E-state index in [1.54, 1.807) is 39.8 Å². The number of pyridine rings is 1. The summed E-state index contributed by atoms with van der Waals surface area (Å²) in [6.45, 7) is 7.37. The van der Waals surface area contributed by atoms with Gasteiger partial charge in [0, 0.05) is 48.8 Å². The lowest BCUT2D eigenvalue weighted by atomic mass is 10.00. The Labute approximate surface area is 266 Å². The highest BCUT2D eigenvalue weighted by Gasteiger charge is 2.39. The van der Waals surface area contributed by atoms with Crippen LogP contribution in [0.2, 0.25) is 0 Å². The Morgan fingerprint density at radius 1 is 0.870 bits per heavy atom. The summed E-state index contributed by atoms with van der Waals surface area (Å²) in [4.78, 5) is 57.8. The van der Waals surface area contributed by atoms with Crippen LogP contribution in [0.4, 0.5) is 9.18 Å². The van der Waals surface area contributed by atoms with Crippen molar-refractivity contribution in [3.63, 3.8) is 0 Å². The van der Waals surface area contributed by atoms with E-state index < -0.39 is 47.2 Å². The smallest absolute Gasteiger partial charge is 0.410 e. The number of likely N-dealkylation sites (tertiary alicyclic amines) is 1. The molecule has 3 aromatic rings. The highest BCUT2D eigenvalue weighted by molar-refractivity contribution is 6.11. The minimum Gasteiger partial charge on any atom is -0.494 e. The van der Waals surface area contributed by atoms with Crippen molar-refractivity contribution in [3.8, 4) is 11.5 Å². The zero-order valence-electron chi connectivity index (χ0n) is 26.3. The van der Waals surface area contributed by atoms with Crippen molar-refractivity contribution in [2.75, 3.05) is 33.6 Å². The maximum absolute atomic E-state index is 15.2.